The summed E-state index contributed by atoms with van der Waals surface area (Å²) >= 11 is 0. The molecule has 2 atom stereocenters. The predicted octanol–water partition coefficient (Wildman–Crippen LogP) is 2.16. The molecule has 2 N–H and O–H groups in total. The van der Waals surface area contributed by atoms with E-state index in [1.165, 1.54) is 38.5 Å². The van der Waals surface area contributed by atoms with Gasteiger partial charge in [0.1, 0.15) is 0 Å². The predicted molar refractivity (Wildman–Crippen MR) is 75.9 cm³/mol. The van der Waals surface area contributed by atoms with Crippen molar-refractivity contribution < 1.29 is 10.2 Å². The van der Waals surface area contributed by atoms with Crippen LogP contribution in [0, 0.1) is 11.3 Å². The Bertz CT molecular complexity index is 298. The number of hydrogen-bond donors (Lipinski definition) is 2. The van der Waals surface area contributed by atoms with E-state index in [2.05, 4.69) is 11.8 Å². The van der Waals surface area contributed by atoms with Gasteiger partial charge in [0, 0.05) is 30.7 Å². The molecule has 3 rings (SSSR count). The Balaban J connectivity index is 1.67. The summed E-state index contributed by atoms with van der Waals surface area (Å²) in [6, 6.07) is 1.16. The highest BCUT2D eigenvalue weighted by molar-refractivity contribution is 4.99. The van der Waals surface area contributed by atoms with Crippen molar-refractivity contribution in [3.8, 4) is 0 Å². The molecule has 2 saturated heterocycles. The number of aliphatic hydroxyl groups is 2. The van der Waals surface area contributed by atoms with Crippen LogP contribution in [0.2, 0.25) is 0 Å². The van der Waals surface area contributed by atoms with Gasteiger partial charge in [-0.25, -0.2) is 0 Å². The van der Waals surface area contributed by atoms with Crippen LogP contribution in [0.4, 0.5) is 0 Å². The lowest BCUT2D eigenvalue weighted by Crippen LogP contribution is -2.51. The standard InChI is InChI=1S/C16H29NO2/c1-12-4-6-16(11-18,7-5-12)10-17-13-2-3-14(17)9-15(19)8-13/h12-15,18-19H,2-11H2,1H3. The van der Waals surface area contributed by atoms with Crippen molar-refractivity contribution in [2.24, 2.45) is 11.3 Å². The Hall–Kier alpha value is -0.120. The summed E-state index contributed by atoms with van der Waals surface area (Å²) in [6.45, 7) is 3.75. The fourth-order valence-electron chi connectivity index (χ4n) is 4.63. The van der Waals surface area contributed by atoms with Crippen molar-refractivity contribution in [2.75, 3.05) is 13.2 Å². The largest absolute Gasteiger partial charge is 0.396 e. The fraction of sp³-hybridized carbons (Fsp3) is 1.00. The van der Waals surface area contributed by atoms with E-state index >= 15 is 0 Å². The zero-order valence-electron chi connectivity index (χ0n) is 12.2. The van der Waals surface area contributed by atoms with Gasteiger partial charge in [0.05, 0.1) is 6.10 Å². The maximum atomic E-state index is 9.93. The monoisotopic (exact) mass is 267 g/mol. The van der Waals surface area contributed by atoms with E-state index in [0.717, 1.165) is 25.3 Å². The quantitative estimate of drug-likeness (QED) is 0.823. The van der Waals surface area contributed by atoms with Crippen LogP contribution >= 0.6 is 0 Å². The smallest absolute Gasteiger partial charge is 0.0570 e. The minimum absolute atomic E-state index is 0.0785. The van der Waals surface area contributed by atoms with Crippen molar-refractivity contribution in [3.63, 3.8) is 0 Å². The molecule has 3 nitrogen and oxygen atoms in total. The second-order valence-corrected chi connectivity index (χ2v) is 7.52. The van der Waals surface area contributed by atoms with Crippen molar-refractivity contribution in [2.45, 2.75) is 76.5 Å². The number of nitrogens with zero attached hydrogens (tertiary/aromatic N) is 1. The molecule has 0 amide bonds. The lowest BCUT2D eigenvalue weighted by atomic mass is 9.70. The molecule has 1 aliphatic carbocycles. The van der Waals surface area contributed by atoms with E-state index in [1.807, 2.05) is 0 Å². The zero-order valence-corrected chi connectivity index (χ0v) is 12.2. The van der Waals surface area contributed by atoms with E-state index in [1.54, 1.807) is 0 Å². The Labute approximate surface area is 117 Å². The van der Waals surface area contributed by atoms with Gasteiger partial charge in [0.2, 0.25) is 0 Å². The number of rotatable bonds is 3. The van der Waals surface area contributed by atoms with E-state index < -0.39 is 0 Å². The zero-order chi connectivity index (χ0) is 13.5. The molecule has 0 aromatic heterocycles. The van der Waals surface area contributed by atoms with Gasteiger partial charge in [0.15, 0.2) is 0 Å². The van der Waals surface area contributed by atoms with Gasteiger partial charge in [-0.2, -0.15) is 0 Å². The third kappa shape index (κ3) is 2.70. The Morgan fingerprint density at radius 2 is 1.63 bits per heavy atom. The molecular formula is C16H29NO2. The third-order valence-electron chi connectivity index (χ3n) is 6.05. The SMILES string of the molecule is CC1CCC(CO)(CN2C3CCC2CC(O)C3)CC1. The number of piperidine rings is 1. The van der Waals surface area contributed by atoms with Gasteiger partial charge in [-0.15, -0.1) is 0 Å². The molecule has 19 heavy (non-hydrogen) atoms. The molecular weight excluding hydrogens is 238 g/mol. The highest BCUT2D eigenvalue weighted by Gasteiger charge is 2.44. The lowest BCUT2D eigenvalue weighted by molar-refractivity contribution is -0.0238. The Morgan fingerprint density at radius 1 is 1.05 bits per heavy atom. The van der Waals surface area contributed by atoms with Gasteiger partial charge in [-0.3, -0.25) is 4.90 Å². The van der Waals surface area contributed by atoms with E-state index in [4.69, 9.17) is 0 Å². The first-order valence-corrected chi connectivity index (χ1v) is 8.16. The maximum Gasteiger partial charge on any atom is 0.0570 e. The van der Waals surface area contributed by atoms with Crippen molar-refractivity contribution >= 4 is 0 Å². The highest BCUT2D eigenvalue weighted by atomic mass is 16.3. The van der Waals surface area contributed by atoms with Crippen molar-refractivity contribution in [1.29, 1.82) is 0 Å². The van der Waals surface area contributed by atoms with Crippen LogP contribution in [-0.4, -0.2) is 46.5 Å². The average Bonchev–Trinajstić information content (AvgIpc) is 2.64. The first-order chi connectivity index (χ1) is 9.12. The maximum absolute atomic E-state index is 9.93. The molecule has 0 aromatic carbocycles. The minimum Gasteiger partial charge on any atom is -0.396 e. The second-order valence-electron chi connectivity index (χ2n) is 7.52. The van der Waals surface area contributed by atoms with Gasteiger partial charge in [0.25, 0.3) is 0 Å². The first-order valence-electron chi connectivity index (χ1n) is 8.16. The normalized spacial score (nSPS) is 47.5. The molecule has 110 valence electrons. The van der Waals surface area contributed by atoms with Crippen LogP contribution in [-0.2, 0) is 0 Å². The number of aliphatic hydroxyl groups excluding tert-OH is 2. The van der Waals surface area contributed by atoms with Crippen LogP contribution in [0.1, 0.15) is 58.3 Å². The third-order valence-corrected chi connectivity index (χ3v) is 6.05. The molecule has 3 heteroatoms. The molecule has 2 aliphatic heterocycles. The summed E-state index contributed by atoms with van der Waals surface area (Å²) in [4.78, 5) is 2.64. The summed E-state index contributed by atoms with van der Waals surface area (Å²) in [6.07, 6.45) is 9.23. The molecule has 3 fully saturated rings. The van der Waals surface area contributed by atoms with E-state index in [9.17, 15) is 10.2 Å². The molecule has 2 bridgehead atoms. The summed E-state index contributed by atoms with van der Waals surface area (Å²) < 4.78 is 0. The molecule has 3 aliphatic rings. The van der Waals surface area contributed by atoms with Crippen LogP contribution < -0.4 is 0 Å². The highest BCUT2D eigenvalue weighted by Crippen LogP contribution is 2.43. The van der Waals surface area contributed by atoms with Crippen LogP contribution in [0.3, 0.4) is 0 Å². The molecule has 1 saturated carbocycles. The first kappa shape index (κ1) is 13.8. The average molecular weight is 267 g/mol. The summed E-state index contributed by atoms with van der Waals surface area (Å²) in [5.41, 5.74) is 0.148. The van der Waals surface area contributed by atoms with E-state index in [0.29, 0.717) is 18.7 Å². The molecule has 2 unspecified atom stereocenters. The summed E-state index contributed by atoms with van der Waals surface area (Å²) in [5.74, 6) is 0.833. The molecule has 0 radical (unpaired) electrons. The second kappa shape index (κ2) is 5.34. The van der Waals surface area contributed by atoms with Crippen LogP contribution in [0.25, 0.3) is 0 Å². The topological polar surface area (TPSA) is 43.7 Å². The Morgan fingerprint density at radius 3 is 2.16 bits per heavy atom. The van der Waals surface area contributed by atoms with Crippen molar-refractivity contribution in [3.05, 3.63) is 0 Å². The van der Waals surface area contributed by atoms with Gasteiger partial charge < -0.3 is 10.2 Å². The number of hydrogen-bond acceptors (Lipinski definition) is 3. The summed E-state index contributed by atoms with van der Waals surface area (Å²) in [7, 11) is 0. The Kier molecular flexibility index (Phi) is 3.89. The minimum atomic E-state index is -0.0785. The fourth-order valence-corrected chi connectivity index (χ4v) is 4.63. The van der Waals surface area contributed by atoms with Gasteiger partial charge in [-0.1, -0.05) is 19.8 Å². The van der Waals surface area contributed by atoms with E-state index in [-0.39, 0.29) is 11.5 Å². The van der Waals surface area contributed by atoms with Crippen LogP contribution in [0.5, 0.6) is 0 Å². The van der Waals surface area contributed by atoms with Crippen LogP contribution in [0.15, 0.2) is 0 Å². The molecule has 0 spiro atoms. The molecule has 2 heterocycles. The van der Waals surface area contributed by atoms with Gasteiger partial charge >= 0.3 is 0 Å². The lowest BCUT2D eigenvalue weighted by Gasteiger charge is -2.46. The van der Waals surface area contributed by atoms with Gasteiger partial charge in [-0.05, 0) is 44.4 Å². The van der Waals surface area contributed by atoms with Crippen molar-refractivity contribution in [1.82, 2.24) is 4.90 Å². The molecule has 0 aromatic rings. The summed E-state index contributed by atoms with van der Waals surface area (Å²) in [5, 5.41) is 19.8. The number of fused-ring (bicyclic) bond motifs is 2.